The number of ether oxygens (including phenoxy) is 1. The molecule has 2 aromatic rings. The lowest BCUT2D eigenvalue weighted by Crippen LogP contribution is -2.48. The normalized spacial score (nSPS) is 17.6. The molecule has 0 amide bonds. The topological polar surface area (TPSA) is 59.3 Å². The number of likely N-dealkylation sites (N-methyl/N-ethyl adjacent to an activating group) is 1. The van der Waals surface area contributed by atoms with Crippen molar-refractivity contribution in [2.75, 3.05) is 39.8 Å². The van der Waals surface area contributed by atoms with E-state index in [1.165, 1.54) is 0 Å². The zero-order chi connectivity index (χ0) is 18.5. The molecule has 1 aromatic carbocycles. The number of nitrogens with zero attached hydrogens (tertiary/aromatic N) is 6. The van der Waals surface area contributed by atoms with Crippen molar-refractivity contribution in [3.63, 3.8) is 0 Å². The van der Waals surface area contributed by atoms with Crippen LogP contribution < -0.4 is 4.74 Å². The second-order valence-corrected chi connectivity index (χ2v) is 7.20. The first kappa shape index (κ1) is 18.8. The van der Waals surface area contributed by atoms with Crippen LogP contribution in [0.2, 0.25) is 0 Å². The molecule has 0 unspecified atom stereocenters. The summed E-state index contributed by atoms with van der Waals surface area (Å²) in [4.78, 5) is 5.03. The third-order valence-corrected chi connectivity index (χ3v) is 5.19. The van der Waals surface area contributed by atoms with Crippen LogP contribution in [-0.4, -0.2) is 69.8 Å². The third kappa shape index (κ3) is 4.22. The van der Waals surface area contributed by atoms with Crippen molar-refractivity contribution in [2.24, 2.45) is 5.92 Å². The Balaban J connectivity index is 1.77. The molecule has 0 bridgehead atoms. The highest BCUT2D eigenvalue weighted by atomic mass is 16.5. The van der Waals surface area contributed by atoms with Crippen LogP contribution in [0.5, 0.6) is 5.75 Å². The smallest absolute Gasteiger partial charge is 0.169 e. The van der Waals surface area contributed by atoms with Crippen molar-refractivity contribution in [1.82, 2.24) is 30.0 Å². The minimum absolute atomic E-state index is 0.238. The van der Waals surface area contributed by atoms with Crippen LogP contribution in [-0.2, 0) is 6.54 Å². The molecule has 1 saturated heterocycles. The molecular formula is C19H30N6O. The number of aromatic nitrogens is 4. The lowest BCUT2D eigenvalue weighted by molar-refractivity contribution is 0.0722. The van der Waals surface area contributed by atoms with Crippen molar-refractivity contribution < 1.29 is 4.74 Å². The monoisotopic (exact) mass is 358 g/mol. The molecule has 2 heterocycles. The van der Waals surface area contributed by atoms with E-state index in [4.69, 9.17) is 4.74 Å². The molecule has 1 atom stereocenters. The molecule has 7 heteroatoms. The van der Waals surface area contributed by atoms with Gasteiger partial charge in [0.25, 0.3) is 0 Å². The summed E-state index contributed by atoms with van der Waals surface area (Å²) >= 11 is 0. The molecule has 3 rings (SSSR count). The minimum atomic E-state index is 0.238. The Bertz CT molecular complexity index is 676. The predicted octanol–water partition coefficient (Wildman–Crippen LogP) is 2.06. The number of hydrogen-bond donors (Lipinski definition) is 0. The van der Waals surface area contributed by atoms with Crippen molar-refractivity contribution in [2.45, 2.75) is 33.4 Å². The Morgan fingerprint density at radius 2 is 1.77 bits per heavy atom. The van der Waals surface area contributed by atoms with E-state index in [0.29, 0.717) is 12.5 Å². The largest absolute Gasteiger partial charge is 0.497 e. The SMILES string of the molecule is CCN1CCN([C@@H](c2nnnn2Cc2ccc(OC)cc2)C(C)C)CC1. The zero-order valence-corrected chi connectivity index (χ0v) is 16.3. The number of hydrogen-bond acceptors (Lipinski definition) is 6. The lowest BCUT2D eigenvalue weighted by Gasteiger charge is -2.39. The van der Waals surface area contributed by atoms with Gasteiger partial charge in [-0.3, -0.25) is 4.90 Å². The van der Waals surface area contributed by atoms with E-state index in [-0.39, 0.29) is 6.04 Å². The zero-order valence-electron chi connectivity index (χ0n) is 16.3. The van der Waals surface area contributed by atoms with Gasteiger partial charge in [-0.1, -0.05) is 32.9 Å². The quantitative estimate of drug-likeness (QED) is 0.755. The average molecular weight is 358 g/mol. The van der Waals surface area contributed by atoms with Crippen molar-refractivity contribution in [3.05, 3.63) is 35.7 Å². The first-order valence-electron chi connectivity index (χ1n) is 9.47. The van der Waals surface area contributed by atoms with Crippen molar-refractivity contribution in [1.29, 1.82) is 0 Å². The maximum atomic E-state index is 5.24. The van der Waals surface area contributed by atoms with Crippen LogP contribution in [0.1, 0.15) is 38.2 Å². The fraction of sp³-hybridized carbons (Fsp3) is 0.632. The summed E-state index contributed by atoms with van der Waals surface area (Å²) < 4.78 is 7.18. The van der Waals surface area contributed by atoms with Gasteiger partial charge in [0.2, 0.25) is 0 Å². The van der Waals surface area contributed by atoms with Crippen LogP contribution in [0.4, 0.5) is 0 Å². The maximum Gasteiger partial charge on any atom is 0.169 e. The van der Waals surface area contributed by atoms with Crippen molar-refractivity contribution >= 4 is 0 Å². The second kappa shape index (κ2) is 8.60. The minimum Gasteiger partial charge on any atom is -0.497 e. The summed E-state index contributed by atoms with van der Waals surface area (Å²) in [5, 5.41) is 12.7. The summed E-state index contributed by atoms with van der Waals surface area (Å²) in [6, 6.07) is 8.32. The van der Waals surface area contributed by atoms with E-state index in [9.17, 15) is 0 Å². The van der Waals surface area contributed by atoms with Gasteiger partial charge in [-0.15, -0.1) is 5.10 Å². The van der Waals surface area contributed by atoms with E-state index >= 15 is 0 Å². The molecule has 26 heavy (non-hydrogen) atoms. The van der Waals surface area contributed by atoms with E-state index in [1.54, 1.807) is 7.11 Å². The molecule has 142 valence electrons. The number of benzene rings is 1. The van der Waals surface area contributed by atoms with E-state index in [0.717, 1.165) is 49.9 Å². The Kier molecular flexibility index (Phi) is 6.21. The van der Waals surface area contributed by atoms with Gasteiger partial charge in [-0.05, 0) is 40.6 Å². The Labute approximate surface area is 155 Å². The molecule has 1 aromatic heterocycles. The second-order valence-electron chi connectivity index (χ2n) is 7.20. The van der Waals surface area contributed by atoms with Gasteiger partial charge in [0.05, 0.1) is 19.7 Å². The number of rotatable bonds is 7. The van der Waals surface area contributed by atoms with Gasteiger partial charge in [0, 0.05) is 26.2 Å². The molecule has 7 nitrogen and oxygen atoms in total. The lowest BCUT2D eigenvalue weighted by atomic mass is 10.0. The molecule has 1 fully saturated rings. The van der Waals surface area contributed by atoms with Gasteiger partial charge in [-0.2, -0.15) is 0 Å². The van der Waals surface area contributed by atoms with Crippen LogP contribution in [0.15, 0.2) is 24.3 Å². The Hall–Kier alpha value is -1.99. The number of tetrazole rings is 1. The maximum absolute atomic E-state index is 5.24. The molecular weight excluding hydrogens is 328 g/mol. The van der Waals surface area contributed by atoms with Gasteiger partial charge in [0.1, 0.15) is 5.75 Å². The highest BCUT2D eigenvalue weighted by Gasteiger charge is 2.31. The van der Waals surface area contributed by atoms with E-state index in [1.807, 2.05) is 16.8 Å². The van der Waals surface area contributed by atoms with Crippen LogP contribution >= 0.6 is 0 Å². The Morgan fingerprint density at radius 1 is 1.08 bits per heavy atom. The molecule has 0 aliphatic carbocycles. The molecule has 1 aliphatic rings. The molecule has 0 spiro atoms. The fourth-order valence-corrected chi connectivity index (χ4v) is 3.68. The first-order valence-corrected chi connectivity index (χ1v) is 9.47. The molecule has 0 radical (unpaired) electrons. The van der Waals surface area contributed by atoms with E-state index in [2.05, 4.69) is 58.2 Å². The molecule has 0 N–H and O–H groups in total. The van der Waals surface area contributed by atoms with Crippen molar-refractivity contribution in [3.8, 4) is 5.75 Å². The fourth-order valence-electron chi connectivity index (χ4n) is 3.68. The number of piperazine rings is 1. The first-order chi connectivity index (χ1) is 12.6. The molecule has 1 aliphatic heterocycles. The van der Waals surface area contributed by atoms with Gasteiger partial charge in [0.15, 0.2) is 5.82 Å². The standard InChI is InChI=1S/C19H30N6O/c1-5-23-10-12-24(13-11-23)18(15(2)3)19-20-21-22-25(19)14-16-6-8-17(26-4)9-7-16/h6-9,15,18H,5,10-14H2,1-4H3/t18-/m1/s1. The summed E-state index contributed by atoms with van der Waals surface area (Å²) in [5.41, 5.74) is 1.16. The summed E-state index contributed by atoms with van der Waals surface area (Å²) in [5.74, 6) is 2.27. The average Bonchev–Trinajstić information content (AvgIpc) is 3.10. The van der Waals surface area contributed by atoms with Gasteiger partial charge in [-0.25, -0.2) is 4.68 Å². The van der Waals surface area contributed by atoms with Gasteiger partial charge < -0.3 is 9.64 Å². The number of methoxy groups -OCH3 is 1. The highest BCUT2D eigenvalue weighted by molar-refractivity contribution is 5.27. The summed E-state index contributed by atoms with van der Waals surface area (Å²) in [7, 11) is 1.68. The predicted molar refractivity (Wildman–Crippen MR) is 101 cm³/mol. The summed E-state index contributed by atoms with van der Waals surface area (Å²) in [6.07, 6.45) is 0. The highest BCUT2D eigenvalue weighted by Crippen LogP contribution is 2.28. The van der Waals surface area contributed by atoms with Crippen LogP contribution in [0.25, 0.3) is 0 Å². The Morgan fingerprint density at radius 3 is 2.35 bits per heavy atom. The van der Waals surface area contributed by atoms with Crippen LogP contribution in [0, 0.1) is 5.92 Å². The third-order valence-electron chi connectivity index (χ3n) is 5.19. The van der Waals surface area contributed by atoms with E-state index < -0.39 is 0 Å². The molecule has 0 saturated carbocycles. The van der Waals surface area contributed by atoms with Gasteiger partial charge >= 0.3 is 0 Å². The summed E-state index contributed by atoms with van der Waals surface area (Å²) in [6.45, 7) is 12.9. The van der Waals surface area contributed by atoms with Crippen LogP contribution in [0.3, 0.4) is 0 Å².